The van der Waals surface area contributed by atoms with Crippen molar-refractivity contribution in [3.8, 4) is 5.75 Å². The predicted molar refractivity (Wildman–Crippen MR) is 76.3 cm³/mol. The maximum absolute atomic E-state index is 5.68. The van der Waals surface area contributed by atoms with Crippen LogP contribution in [0.3, 0.4) is 0 Å². The molecule has 0 aliphatic heterocycles. The Kier molecular flexibility index (Phi) is 5.63. The van der Waals surface area contributed by atoms with Crippen LogP contribution in [0.15, 0.2) is 24.3 Å². The minimum Gasteiger partial charge on any atom is -0.491 e. The number of benzene rings is 1. The van der Waals surface area contributed by atoms with Crippen molar-refractivity contribution in [1.29, 1.82) is 0 Å². The average molecular weight is 264 g/mol. The van der Waals surface area contributed by atoms with Crippen molar-refractivity contribution in [1.82, 2.24) is 4.90 Å². The van der Waals surface area contributed by atoms with E-state index in [4.69, 9.17) is 15.2 Å². The normalized spacial score (nSPS) is 14.9. The number of para-hydroxylation sites is 1. The SMILES string of the molecule is CN(CCOCCOc1ccccc1CN)C1CC1. The van der Waals surface area contributed by atoms with E-state index in [0.717, 1.165) is 30.5 Å². The second kappa shape index (κ2) is 7.48. The van der Waals surface area contributed by atoms with Crippen molar-refractivity contribution in [3.63, 3.8) is 0 Å². The first-order valence-electron chi connectivity index (χ1n) is 7.00. The maximum atomic E-state index is 5.68. The topological polar surface area (TPSA) is 47.7 Å². The van der Waals surface area contributed by atoms with E-state index in [0.29, 0.717) is 19.8 Å². The average Bonchev–Trinajstić information content (AvgIpc) is 3.27. The van der Waals surface area contributed by atoms with Crippen LogP contribution in [0.4, 0.5) is 0 Å². The Morgan fingerprint density at radius 1 is 1.21 bits per heavy atom. The lowest BCUT2D eigenvalue weighted by Gasteiger charge is -2.15. The van der Waals surface area contributed by atoms with Gasteiger partial charge in [0.25, 0.3) is 0 Å². The first-order chi connectivity index (χ1) is 9.31. The van der Waals surface area contributed by atoms with Gasteiger partial charge in [-0.05, 0) is 26.0 Å². The van der Waals surface area contributed by atoms with Crippen molar-refractivity contribution in [2.75, 3.05) is 33.4 Å². The van der Waals surface area contributed by atoms with Gasteiger partial charge in [-0.25, -0.2) is 0 Å². The molecule has 19 heavy (non-hydrogen) atoms. The molecule has 0 amide bonds. The van der Waals surface area contributed by atoms with Crippen molar-refractivity contribution < 1.29 is 9.47 Å². The summed E-state index contributed by atoms with van der Waals surface area (Å²) in [4.78, 5) is 2.37. The van der Waals surface area contributed by atoms with Crippen LogP contribution in [0.25, 0.3) is 0 Å². The van der Waals surface area contributed by atoms with E-state index < -0.39 is 0 Å². The Morgan fingerprint density at radius 3 is 2.74 bits per heavy atom. The minimum absolute atomic E-state index is 0.503. The summed E-state index contributed by atoms with van der Waals surface area (Å²) in [5.41, 5.74) is 6.69. The quantitative estimate of drug-likeness (QED) is 0.689. The molecule has 0 unspecified atom stereocenters. The summed E-state index contributed by atoms with van der Waals surface area (Å²) in [6.07, 6.45) is 2.69. The third kappa shape index (κ3) is 4.82. The molecular weight excluding hydrogens is 240 g/mol. The summed E-state index contributed by atoms with van der Waals surface area (Å²) in [5, 5.41) is 0. The van der Waals surface area contributed by atoms with Crippen molar-refractivity contribution in [2.24, 2.45) is 5.73 Å². The lowest BCUT2D eigenvalue weighted by Crippen LogP contribution is -2.25. The highest BCUT2D eigenvalue weighted by Crippen LogP contribution is 2.24. The summed E-state index contributed by atoms with van der Waals surface area (Å²) in [7, 11) is 2.16. The smallest absolute Gasteiger partial charge is 0.123 e. The van der Waals surface area contributed by atoms with Gasteiger partial charge in [-0.15, -0.1) is 0 Å². The summed E-state index contributed by atoms with van der Waals surface area (Å²) in [5.74, 6) is 0.865. The Hall–Kier alpha value is -1.10. The molecule has 2 rings (SSSR count). The number of hydrogen-bond acceptors (Lipinski definition) is 4. The zero-order valence-corrected chi connectivity index (χ0v) is 11.7. The molecule has 1 aliphatic carbocycles. The van der Waals surface area contributed by atoms with Crippen molar-refractivity contribution in [3.05, 3.63) is 29.8 Å². The molecule has 1 fully saturated rings. The summed E-state index contributed by atoms with van der Waals surface area (Å²) in [6.45, 7) is 3.48. The fourth-order valence-corrected chi connectivity index (χ4v) is 2.03. The number of hydrogen-bond donors (Lipinski definition) is 1. The molecule has 1 saturated carbocycles. The zero-order chi connectivity index (χ0) is 13.5. The van der Waals surface area contributed by atoms with Crippen molar-refractivity contribution in [2.45, 2.75) is 25.4 Å². The highest BCUT2D eigenvalue weighted by Gasteiger charge is 2.25. The molecule has 0 atom stereocenters. The first-order valence-corrected chi connectivity index (χ1v) is 7.00. The lowest BCUT2D eigenvalue weighted by atomic mass is 10.2. The van der Waals surface area contributed by atoms with E-state index in [1.54, 1.807) is 0 Å². The summed E-state index contributed by atoms with van der Waals surface area (Å²) < 4.78 is 11.3. The number of likely N-dealkylation sites (N-methyl/N-ethyl adjacent to an activating group) is 1. The molecule has 1 aromatic rings. The third-order valence-corrected chi connectivity index (χ3v) is 3.44. The van der Waals surface area contributed by atoms with Crippen LogP contribution < -0.4 is 10.5 Å². The van der Waals surface area contributed by atoms with Crippen LogP contribution in [0.5, 0.6) is 5.75 Å². The number of rotatable bonds is 9. The summed E-state index contributed by atoms with van der Waals surface area (Å²) >= 11 is 0. The van der Waals surface area contributed by atoms with Gasteiger partial charge in [0.05, 0.1) is 13.2 Å². The molecule has 0 heterocycles. The largest absolute Gasteiger partial charge is 0.491 e. The molecule has 4 nitrogen and oxygen atoms in total. The van der Waals surface area contributed by atoms with E-state index >= 15 is 0 Å². The molecular formula is C15H24N2O2. The molecule has 0 spiro atoms. The van der Waals surface area contributed by atoms with E-state index in [-0.39, 0.29) is 0 Å². The molecule has 0 saturated heterocycles. The van der Waals surface area contributed by atoms with Crippen LogP contribution in [0.2, 0.25) is 0 Å². The van der Waals surface area contributed by atoms with Gasteiger partial charge in [0.2, 0.25) is 0 Å². The molecule has 4 heteroatoms. The fraction of sp³-hybridized carbons (Fsp3) is 0.600. The van der Waals surface area contributed by atoms with Gasteiger partial charge >= 0.3 is 0 Å². The Morgan fingerprint density at radius 2 is 2.00 bits per heavy atom. The fourth-order valence-electron chi connectivity index (χ4n) is 2.03. The molecule has 2 N–H and O–H groups in total. The summed E-state index contributed by atoms with van der Waals surface area (Å²) in [6, 6.07) is 8.67. The predicted octanol–water partition coefficient (Wildman–Crippen LogP) is 1.63. The number of nitrogens with two attached hydrogens (primary N) is 1. The van der Waals surface area contributed by atoms with Crippen LogP contribution >= 0.6 is 0 Å². The van der Waals surface area contributed by atoms with Gasteiger partial charge in [-0.1, -0.05) is 18.2 Å². The second-order valence-electron chi connectivity index (χ2n) is 4.98. The van der Waals surface area contributed by atoms with Crippen LogP contribution in [0.1, 0.15) is 18.4 Å². The Bertz CT molecular complexity index is 380. The third-order valence-electron chi connectivity index (χ3n) is 3.44. The number of nitrogens with zero attached hydrogens (tertiary/aromatic N) is 1. The monoisotopic (exact) mass is 264 g/mol. The first kappa shape index (κ1) is 14.3. The lowest BCUT2D eigenvalue weighted by molar-refractivity contribution is 0.0833. The second-order valence-corrected chi connectivity index (χ2v) is 4.98. The van der Waals surface area contributed by atoms with Gasteiger partial charge in [-0.2, -0.15) is 0 Å². The van der Waals surface area contributed by atoms with E-state index in [2.05, 4.69) is 11.9 Å². The van der Waals surface area contributed by atoms with Crippen molar-refractivity contribution >= 4 is 0 Å². The molecule has 106 valence electrons. The maximum Gasteiger partial charge on any atom is 0.123 e. The Balaban J connectivity index is 1.56. The minimum atomic E-state index is 0.503. The molecule has 0 bridgehead atoms. The molecule has 1 aromatic carbocycles. The van der Waals surface area contributed by atoms with Gasteiger partial charge < -0.3 is 20.1 Å². The van der Waals surface area contributed by atoms with E-state index in [1.807, 2.05) is 24.3 Å². The van der Waals surface area contributed by atoms with Gasteiger partial charge in [-0.3, -0.25) is 0 Å². The van der Waals surface area contributed by atoms with Crippen LogP contribution in [-0.4, -0.2) is 44.4 Å². The van der Waals surface area contributed by atoms with E-state index in [9.17, 15) is 0 Å². The van der Waals surface area contributed by atoms with Gasteiger partial charge in [0.1, 0.15) is 12.4 Å². The van der Waals surface area contributed by atoms with Crippen LogP contribution in [-0.2, 0) is 11.3 Å². The van der Waals surface area contributed by atoms with Gasteiger partial charge in [0, 0.05) is 24.7 Å². The highest BCUT2D eigenvalue weighted by molar-refractivity contribution is 5.32. The van der Waals surface area contributed by atoms with E-state index in [1.165, 1.54) is 12.8 Å². The van der Waals surface area contributed by atoms with Crippen LogP contribution in [0, 0.1) is 0 Å². The molecule has 1 aliphatic rings. The standard InChI is InChI=1S/C15H24N2O2/c1-17(14-6-7-14)8-9-18-10-11-19-15-5-3-2-4-13(15)12-16/h2-5,14H,6-12,16H2,1H3. The molecule has 0 radical (unpaired) electrons. The number of ether oxygens (including phenoxy) is 2. The Labute approximate surface area is 115 Å². The van der Waals surface area contributed by atoms with Gasteiger partial charge in [0.15, 0.2) is 0 Å². The highest BCUT2D eigenvalue weighted by atomic mass is 16.5. The zero-order valence-electron chi connectivity index (χ0n) is 11.7. The molecule has 0 aromatic heterocycles.